The fourth-order valence-corrected chi connectivity index (χ4v) is 2.17. The van der Waals surface area contributed by atoms with E-state index in [0.717, 1.165) is 17.8 Å². The number of allylic oxidation sites excluding steroid dienone is 1. The molecule has 0 aliphatic carbocycles. The zero-order chi connectivity index (χ0) is 14.8. The second-order valence-electron chi connectivity index (χ2n) is 4.79. The number of carbonyl (C=O) groups excluding carboxylic acids is 1. The highest BCUT2D eigenvalue weighted by molar-refractivity contribution is 6.07. The number of aryl methyl sites for hydroxylation is 2. The Morgan fingerprint density at radius 2 is 2.19 bits per heavy atom. The predicted molar refractivity (Wildman–Crippen MR) is 78.6 cm³/mol. The van der Waals surface area contributed by atoms with Crippen LogP contribution in [0.2, 0.25) is 0 Å². The molecule has 1 aliphatic heterocycles. The number of ether oxygens (including phenoxy) is 2. The van der Waals surface area contributed by atoms with Gasteiger partial charge in [0, 0.05) is 23.9 Å². The summed E-state index contributed by atoms with van der Waals surface area (Å²) in [7, 11) is 0. The molecule has 2 heterocycles. The van der Waals surface area contributed by atoms with Gasteiger partial charge < -0.3 is 9.47 Å². The highest BCUT2D eigenvalue weighted by Gasteiger charge is 2.15. The molecule has 0 bridgehead atoms. The molecule has 2 aromatic rings. The third kappa shape index (κ3) is 2.67. The molecule has 1 aromatic heterocycles. The summed E-state index contributed by atoms with van der Waals surface area (Å²) in [5, 5.41) is 4.34. The molecule has 0 radical (unpaired) electrons. The molecule has 0 saturated heterocycles. The van der Waals surface area contributed by atoms with Crippen LogP contribution in [0.3, 0.4) is 0 Å². The monoisotopic (exact) mass is 284 g/mol. The fraction of sp³-hybridized carbons (Fsp3) is 0.250. The first-order chi connectivity index (χ1) is 10.2. The summed E-state index contributed by atoms with van der Waals surface area (Å²) >= 11 is 0. The fourth-order valence-electron chi connectivity index (χ4n) is 2.17. The SMILES string of the molecule is CCn1cc(/C=C/C(=O)c2ccc3c(c2)OCO3)c(C)n1. The summed E-state index contributed by atoms with van der Waals surface area (Å²) < 4.78 is 12.4. The molecule has 1 aromatic carbocycles. The average molecular weight is 284 g/mol. The van der Waals surface area contributed by atoms with Crippen LogP contribution in [0.15, 0.2) is 30.5 Å². The van der Waals surface area contributed by atoms with Crippen LogP contribution in [0.5, 0.6) is 11.5 Å². The molecule has 0 fully saturated rings. The lowest BCUT2D eigenvalue weighted by Gasteiger charge is -1.98. The van der Waals surface area contributed by atoms with E-state index in [-0.39, 0.29) is 12.6 Å². The summed E-state index contributed by atoms with van der Waals surface area (Å²) in [6, 6.07) is 5.20. The number of carbonyl (C=O) groups is 1. The van der Waals surface area contributed by atoms with Gasteiger partial charge in [0.2, 0.25) is 6.79 Å². The number of ketones is 1. The second-order valence-corrected chi connectivity index (χ2v) is 4.79. The normalized spacial score (nSPS) is 13.0. The van der Waals surface area contributed by atoms with Gasteiger partial charge in [-0.15, -0.1) is 0 Å². The lowest BCUT2D eigenvalue weighted by Crippen LogP contribution is -1.94. The molecular weight excluding hydrogens is 268 g/mol. The van der Waals surface area contributed by atoms with Crippen molar-refractivity contribution in [2.75, 3.05) is 6.79 Å². The molecule has 1 aliphatic rings. The summed E-state index contributed by atoms with van der Waals surface area (Å²) in [6.45, 7) is 4.97. The molecule has 0 unspecified atom stereocenters. The Morgan fingerprint density at radius 1 is 1.38 bits per heavy atom. The van der Waals surface area contributed by atoms with Gasteiger partial charge in [0.1, 0.15) is 0 Å². The number of benzene rings is 1. The minimum absolute atomic E-state index is 0.0723. The van der Waals surface area contributed by atoms with E-state index >= 15 is 0 Å². The van der Waals surface area contributed by atoms with E-state index in [0.29, 0.717) is 17.1 Å². The summed E-state index contributed by atoms with van der Waals surface area (Å²) in [5.41, 5.74) is 2.44. The van der Waals surface area contributed by atoms with Crippen molar-refractivity contribution in [3.63, 3.8) is 0 Å². The quantitative estimate of drug-likeness (QED) is 0.640. The zero-order valence-corrected chi connectivity index (χ0v) is 12.0. The first kappa shape index (κ1) is 13.4. The maximum absolute atomic E-state index is 12.2. The standard InChI is InChI=1S/C16H16N2O3/c1-3-18-9-13(11(2)17-18)4-6-14(19)12-5-7-15-16(8-12)21-10-20-15/h4-9H,3,10H2,1-2H3/b6-4+. The van der Waals surface area contributed by atoms with Crippen LogP contribution < -0.4 is 9.47 Å². The number of fused-ring (bicyclic) bond motifs is 1. The van der Waals surface area contributed by atoms with Crippen LogP contribution in [0.1, 0.15) is 28.5 Å². The Hall–Kier alpha value is -2.56. The van der Waals surface area contributed by atoms with Crippen molar-refractivity contribution in [2.24, 2.45) is 0 Å². The van der Waals surface area contributed by atoms with E-state index in [2.05, 4.69) is 5.10 Å². The van der Waals surface area contributed by atoms with Crippen LogP contribution in [0, 0.1) is 6.92 Å². The molecule has 0 N–H and O–H groups in total. The summed E-state index contributed by atoms with van der Waals surface area (Å²) in [6.07, 6.45) is 5.28. The topological polar surface area (TPSA) is 53.4 Å². The van der Waals surface area contributed by atoms with Gasteiger partial charge in [0.25, 0.3) is 0 Å². The minimum atomic E-state index is -0.0723. The van der Waals surface area contributed by atoms with E-state index in [1.807, 2.05) is 24.7 Å². The van der Waals surface area contributed by atoms with Gasteiger partial charge in [-0.2, -0.15) is 5.10 Å². The average Bonchev–Trinajstić information content (AvgIpc) is 3.10. The van der Waals surface area contributed by atoms with E-state index < -0.39 is 0 Å². The largest absolute Gasteiger partial charge is 0.454 e. The van der Waals surface area contributed by atoms with Crippen molar-refractivity contribution < 1.29 is 14.3 Å². The first-order valence-electron chi connectivity index (χ1n) is 6.83. The maximum Gasteiger partial charge on any atom is 0.231 e. The molecule has 5 nitrogen and oxygen atoms in total. The van der Waals surface area contributed by atoms with Gasteiger partial charge in [-0.3, -0.25) is 9.48 Å². The third-order valence-electron chi connectivity index (χ3n) is 3.38. The first-order valence-corrected chi connectivity index (χ1v) is 6.83. The second kappa shape index (κ2) is 5.44. The summed E-state index contributed by atoms with van der Waals surface area (Å²) in [5.74, 6) is 1.22. The Bertz CT molecular complexity index is 716. The van der Waals surface area contributed by atoms with Crippen molar-refractivity contribution in [2.45, 2.75) is 20.4 Å². The van der Waals surface area contributed by atoms with Gasteiger partial charge in [-0.05, 0) is 44.2 Å². The van der Waals surface area contributed by atoms with Gasteiger partial charge in [0.15, 0.2) is 17.3 Å². The Kier molecular flexibility index (Phi) is 3.48. The predicted octanol–water partition coefficient (Wildman–Crippen LogP) is 2.84. The van der Waals surface area contributed by atoms with Crippen LogP contribution in [-0.4, -0.2) is 22.4 Å². The molecule has 0 saturated carbocycles. The Morgan fingerprint density at radius 3 is 2.95 bits per heavy atom. The number of hydrogen-bond donors (Lipinski definition) is 0. The van der Waals surface area contributed by atoms with E-state index in [9.17, 15) is 4.79 Å². The molecule has 21 heavy (non-hydrogen) atoms. The third-order valence-corrected chi connectivity index (χ3v) is 3.38. The van der Waals surface area contributed by atoms with Crippen molar-refractivity contribution in [3.05, 3.63) is 47.3 Å². The molecule has 0 atom stereocenters. The summed E-state index contributed by atoms with van der Waals surface area (Å²) in [4.78, 5) is 12.2. The van der Waals surface area contributed by atoms with E-state index in [4.69, 9.17) is 9.47 Å². The highest BCUT2D eigenvalue weighted by atomic mass is 16.7. The van der Waals surface area contributed by atoms with E-state index in [1.54, 1.807) is 30.4 Å². The molecule has 0 amide bonds. The zero-order valence-electron chi connectivity index (χ0n) is 12.0. The van der Waals surface area contributed by atoms with Crippen molar-refractivity contribution in [3.8, 4) is 11.5 Å². The molecule has 0 spiro atoms. The Labute approximate surface area is 122 Å². The lowest BCUT2D eigenvalue weighted by atomic mass is 10.1. The van der Waals surface area contributed by atoms with Crippen LogP contribution >= 0.6 is 0 Å². The van der Waals surface area contributed by atoms with E-state index in [1.165, 1.54) is 0 Å². The Balaban J connectivity index is 1.79. The number of nitrogens with zero attached hydrogens (tertiary/aromatic N) is 2. The van der Waals surface area contributed by atoms with Crippen molar-refractivity contribution in [1.82, 2.24) is 9.78 Å². The number of rotatable bonds is 4. The molecule has 108 valence electrons. The molecule has 3 rings (SSSR count). The van der Waals surface area contributed by atoms with Crippen LogP contribution in [-0.2, 0) is 6.54 Å². The van der Waals surface area contributed by atoms with Gasteiger partial charge in [-0.1, -0.05) is 0 Å². The lowest BCUT2D eigenvalue weighted by molar-refractivity contribution is 0.104. The van der Waals surface area contributed by atoms with Crippen molar-refractivity contribution in [1.29, 1.82) is 0 Å². The smallest absolute Gasteiger partial charge is 0.231 e. The highest BCUT2D eigenvalue weighted by Crippen LogP contribution is 2.32. The molecule has 5 heteroatoms. The van der Waals surface area contributed by atoms with Crippen LogP contribution in [0.25, 0.3) is 6.08 Å². The maximum atomic E-state index is 12.2. The van der Waals surface area contributed by atoms with Crippen LogP contribution in [0.4, 0.5) is 0 Å². The number of aromatic nitrogens is 2. The van der Waals surface area contributed by atoms with Gasteiger partial charge >= 0.3 is 0 Å². The van der Waals surface area contributed by atoms with Crippen molar-refractivity contribution >= 4 is 11.9 Å². The number of hydrogen-bond acceptors (Lipinski definition) is 4. The van der Waals surface area contributed by atoms with Gasteiger partial charge in [-0.25, -0.2) is 0 Å². The van der Waals surface area contributed by atoms with Gasteiger partial charge in [0.05, 0.1) is 5.69 Å². The molecular formula is C16H16N2O3. The minimum Gasteiger partial charge on any atom is -0.454 e.